The van der Waals surface area contributed by atoms with E-state index in [0.29, 0.717) is 0 Å². The molecule has 1 N–H and O–H groups in total. The topological polar surface area (TPSA) is 12.0 Å². The smallest absolute Gasteiger partial charge is 0.0223 e. The quantitative estimate of drug-likeness (QED) is 0.464. The van der Waals surface area contributed by atoms with Crippen molar-refractivity contribution in [2.45, 2.75) is 25.7 Å². The van der Waals surface area contributed by atoms with Gasteiger partial charge in [-0.25, -0.2) is 0 Å². The van der Waals surface area contributed by atoms with Gasteiger partial charge in [0, 0.05) is 5.88 Å². The molecule has 1 nitrogen and oxygen atoms in total. The zero-order valence-electron chi connectivity index (χ0n) is 6.41. The molecule has 0 aromatic heterocycles. The second-order valence-corrected chi connectivity index (χ2v) is 3.42. The minimum atomic E-state index is 0.811. The summed E-state index contributed by atoms with van der Waals surface area (Å²) in [4.78, 5) is 0. The van der Waals surface area contributed by atoms with Crippen LogP contribution in [-0.4, -0.2) is 19.0 Å². The molecule has 1 aliphatic rings. The van der Waals surface area contributed by atoms with Gasteiger partial charge in [0.05, 0.1) is 0 Å². The van der Waals surface area contributed by atoms with Crippen LogP contribution < -0.4 is 5.32 Å². The Bertz CT molecular complexity index is 81.3. The summed E-state index contributed by atoms with van der Waals surface area (Å²) in [6.45, 7) is 2.39. The third-order valence-corrected chi connectivity index (χ3v) is 2.13. The van der Waals surface area contributed by atoms with E-state index >= 15 is 0 Å². The van der Waals surface area contributed by atoms with E-state index in [4.69, 9.17) is 11.6 Å². The van der Waals surface area contributed by atoms with Crippen molar-refractivity contribution in [1.82, 2.24) is 5.32 Å². The molecule has 1 saturated carbocycles. The van der Waals surface area contributed by atoms with Gasteiger partial charge in [-0.15, -0.1) is 11.6 Å². The van der Waals surface area contributed by atoms with Gasteiger partial charge >= 0.3 is 0 Å². The Balaban J connectivity index is 1.68. The van der Waals surface area contributed by atoms with E-state index in [-0.39, 0.29) is 0 Å². The number of hydrogen-bond acceptors (Lipinski definition) is 1. The maximum Gasteiger partial charge on any atom is 0.0223 e. The van der Waals surface area contributed by atoms with Crippen LogP contribution in [0.5, 0.6) is 0 Å². The molecule has 0 atom stereocenters. The third-order valence-electron chi connectivity index (χ3n) is 1.87. The van der Waals surface area contributed by atoms with E-state index < -0.39 is 0 Å². The Hall–Kier alpha value is 0.250. The first-order chi connectivity index (χ1) is 4.93. The van der Waals surface area contributed by atoms with Crippen LogP contribution in [0.3, 0.4) is 0 Å². The van der Waals surface area contributed by atoms with Gasteiger partial charge in [0.2, 0.25) is 0 Å². The Morgan fingerprint density at radius 2 is 2.10 bits per heavy atom. The number of rotatable bonds is 6. The van der Waals surface area contributed by atoms with Gasteiger partial charge in [-0.05, 0) is 44.7 Å². The molecule has 0 radical (unpaired) electrons. The summed E-state index contributed by atoms with van der Waals surface area (Å²) in [5.41, 5.74) is 0. The highest BCUT2D eigenvalue weighted by molar-refractivity contribution is 6.17. The van der Waals surface area contributed by atoms with E-state index in [9.17, 15) is 0 Å². The Kier molecular flexibility index (Phi) is 4.15. The lowest BCUT2D eigenvalue weighted by Crippen LogP contribution is -2.17. The summed E-state index contributed by atoms with van der Waals surface area (Å²) in [6.07, 6.45) is 5.28. The molecule has 0 saturated heterocycles. The second-order valence-electron chi connectivity index (χ2n) is 3.04. The van der Waals surface area contributed by atoms with Gasteiger partial charge in [0.1, 0.15) is 0 Å². The van der Waals surface area contributed by atoms with Crippen molar-refractivity contribution >= 4 is 11.6 Å². The molecule has 1 rings (SSSR count). The van der Waals surface area contributed by atoms with Crippen molar-refractivity contribution in [3.63, 3.8) is 0 Å². The number of hydrogen-bond donors (Lipinski definition) is 1. The minimum Gasteiger partial charge on any atom is -0.316 e. The first-order valence-electron chi connectivity index (χ1n) is 4.20. The van der Waals surface area contributed by atoms with Gasteiger partial charge < -0.3 is 5.32 Å². The van der Waals surface area contributed by atoms with E-state index in [1.165, 1.54) is 25.8 Å². The summed E-state index contributed by atoms with van der Waals surface area (Å²) in [5, 5.41) is 3.42. The monoisotopic (exact) mass is 161 g/mol. The van der Waals surface area contributed by atoms with E-state index in [1.807, 2.05) is 0 Å². The van der Waals surface area contributed by atoms with Crippen molar-refractivity contribution in [1.29, 1.82) is 0 Å². The lowest BCUT2D eigenvalue weighted by Gasteiger charge is -2.00. The molecular weight excluding hydrogens is 146 g/mol. The highest BCUT2D eigenvalue weighted by atomic mass is 35.5. The largest absolute Gasteiger partial charge is 0.316 e. The first kappa shape index (κ1) is 8.35. The zero-order valence-corrected chi connectivity index (χ0v) is 7.16. The molecular formula is C8H16ClN. The van der Waals surface area contributed by atoms with Crippen LogP contribution in [-0.2, 0) is 0 Å². The normalized spacial score (nSPS) is 17.7. The minimum absolute atomic E-state index is 0.811. The Morgan fingerprint density at radius 1 is 1.30 bits per heavy atom. The van der Waals surface area contributed by atoms with Crippen LogP contribution in [0.4, 0.5) is 0 Å². The van der Waals surface area contributed by atoms with Crippen molar-refractivity contribution in [2.24, 2.45) is 5.92 Å². The lowest BCUT2D eigenvalue weighted by atomic mass is 10.3. The van der Waals surface area contributed by atoms with Gasteiger partial charge in [-0.1, -0.05) is 0 Å². The maximum atomic E-state index is 5.53. The molecule has 0 aliphatic heterocycles. The van der Waals surface area contributed by atoms with Crippen LogP contribution in [0, 0.1) is 5.92 Å². The highest BCUT2D eigenvalue weighted by Crippen LogP contribution is 2.27. The predicted molar refractivity (Wildman–Crippen MR) is 45.5 cm³/mol. The summed E-state index contributed by atoms with van der Waals surface area (Å²) in [6, 6.07) is 0. The number of alkyl halides is 1. The van der Waals surface area contributed by atoms with E-state index in [1.54, 1.807) is 0 Å². The summed E-state index contributed by atoms with van der Waals surface area (Å²) < 4.78 is 0. The van der Waals surface area contributed by atoms with Gasteiger partial charge in [0.25, 0.3) is 0 Å². The first-order valence-corrected chi connectivity index (χ1v) is 4.73. The average Bonchev–Trinajstić information content (AvgIpc) is 2.71. The van der Waals surface area contributed by atoms with Crippen LogP contribution in [0.25, 0.3) is 0 Å². The van der Waals surface area contributed by atoms with Crippen LogP contribution >= 0.6 is 11.6 Å². The second kappa shape index (κ2) is 4.97. The fourth-order valence-electron chi connectivity index (χ4n) is 0.973. The van der Waals surface area contributed by atoms with Crippen molar-refractivity contribution < 1.29 is 0 Å². The molecule has 0 heterocycles. The Morgan fingerprint density at radius 3 is 2.70 bits per heavy atom. The standard InChI is InChI=1S/C8H16ClN/c9-5-1-2-6-10-7-8-3-4-8/h8,10H,1-7H2. The molecule has 1 aliphatic carbocycles. The van der Waals surface area contributed by atoms with Crippen molar-refractivity contribution in [2.75, 3.05) is 19.0 Å². The van der Waals surface area contributed by atoms with E-state index in [0.717, 1.165) is 24.8 Å². The van der Waals surface area contributed by atoms with Crippen molar-refractivity contribution in [3.05, 3.63) is 0 Å². The van der Waals surface area contributed by atoms with Gasteiger partial charge in [0.15, 0.2) is 0 Å². The molecule has 1 fully saturated rings. The molecule has 0 aromatic rings. The molecule has 0 bridgehead atoms. The molecule has 60 valence electrons. The zero-order chi connectivity index (χ0) is 7.23. The average molecular weight is 162 g/mol. The van der Waals surface area contributed by atoms with E-state index in [2.05, 4.69) is 5.32 Å². The summed E-state index contributed by atoms with van der Waals surface area (Å²) in [5.74, 6) is 1.82. The van der Waals surface area contributed by atoms with Gasteiger partial charge in [-0.2, -0.15) is 0 Å². The molecule has 0 spiro atoms. The van der Waals surface area contributed by atoms with Crippen LogP contribution in [0.2, 0.25) is 0 Å². The molecule has 0 unspecified atom stereocenters. The van der Waals surface area contributed by atoms with Crippen LogP contribution in [0.15, 0.2) is 0 Å². The van der Waals surface area contributed by atoms with Crippen LogP contribution in [0.1, 0.15) is 25.7 Å². The highest BCUT2D eigenvalue weighted by Gasteiger charge is 2.19. The molecule has 0 aromatic carbocycles. The SMILES string of the molecule is ClCCCCNCC1CC1. The maximum absolute atomic E-state index is 5.53. The van der Waals surface area contributed by atoms with Gasteiger partial charge in [-0.3, -0.25) is 0 Å². The fourth-order valence-corrected chi connectivity index (χ4v) is 1.16. The molecule has 10 heavy (non-hydrogen) atoms. The number of halogens is 1. The number of nitrogens with one attached hydrogen (secondary N) is 1. The fraction of sp³-hybridized carbons (Fsp3) is 1.00. The third kappa shape index (κ3) is 4.13. The summed E-state index contributed by atoms with van der Waals surface area (Å²) >= 11 is 5.53. The Labute approximate surface area is 68.1 Å². The van der Waals surface area contributed by atoms with Crippen molar-refractivity contribution in [3.8, 4) is 0 Å². The predicted octanol–water partition coefficient (Wildman–Crippen LogP) is 2.00. The summed E-state index contributed by atoms with van der Waals surface area (Å²) in [7, 11) is 0. The lowest BCUT2D eigenvalue weighted by molar-refractivity contribution is 0.609. The molecule has 2 heteroatoms. The number of unbranched alkanes of at least 4 members (excludes halogenated alkanes) is 1. The molecule has 0 amide bonds.